The third kappa shape index (κ3) is 26.5. The van der Waals surface area contributed by atoms with Gasteiger partial charge in [-0.05, 0) is 123 Å². The summed E-state index contributed by atoms with van der Waals surface area (Å²) in [6, 6.07) is 7.90. The second kappa shape index (κ2) is 32.6. The van der Waals surface area contributed by atoms with E-state index in [1.807, 2.05) is 59.0 Å². The van der Waals surface area contributed by atoms with Crippen LogP contribution in [0.1, 0.15) is 82.6 Å². The van der Waals surface area contributed by atoms with Crippen LogP contribution in [0, 0.1) is 12.7 Å². The predicted octanol–water partition coefficient (Wildman–Crippen LogP) is 9.22. The molecule has 412 valence electrons. The number of carbonyl (C=O) groups is 3. The number of carboxylic acid groups (broad SMARTS) is 1. The number of carbonyl (C=O) groups excluding carboxylic acids is 2. The van der Waals surface area contributed by atoms with E-state index in [0.717, 1.165) is 49.0 Å². The first-order chi connectivity index (χ1) is 33.5. The summed E-state index contributed by atoms with van der Waals surface area (Å²) in [5.74, 6) is -2.04. The molecule has 0 radical (unpaired) electrons. The number of methoxy groups -OCH3 is 1. The van der Waals surface area contributed by atoms with Crippen LogP contribution in [0.2, 0.25) is 10.3 Å². The van der Waals surface area contributed by atoms with Gasteiger partial charge in [-0.15, -0.1) is 11.6 Å². The molecular weight excluding hydrogens is 1140 g/mol. The van der Waals surface area contributed by atoms with Crippen LogP contribution in [-0.4, -0.2) is 128 Å². The van der Waals surface area contributed by atoms with Crippen molar-refractivity contribution in [2.45, 2.75) is 92.6 Å². The van der Waals surface area contributed by atoms with Crippen LogP contribution in [0.15, 0.2) is 34.8 Å². The molecule has 0 saturated carbocycles. The standard InChI is InChI=1S/C15H12BrClF4N2O2.C15H22ClNO2.C9H16ClN5.C3H8NO5P.C3H9S/c1-6(2)25-14(24)7-4-8(10(18)5-9(7)17)12-11(16)13(15(19,20)21)23(3)22-12;1-5-13-8-6-7-11(2)15(13)17(14(18)9-16)12(3)10-19-4;1-5-11-7-12-6(10)13-8(14-7)15-9(2,3)4;5-3(6)1-4-2-10(7,8)9;1-4(2)3/h4-6H,1-3H3;6-8,12H,5,9-10H2,1-4H3;5H2,1-4H3,(H2,11,12,13,14,15);4H,1-2H2,(H,5,6)(H2,7,8,9);1-3H3/q;;;;+1/p-1. The smallest absolute Gasteiger partial charge is 0.434 e. The Morgan fingerprint density at radius 3 is 2.07 bits per heavy atom. The Morgan fingerprint density at radius 1 is 1.04 bits per heavy atom. The lowest BCUT2D eigenvalue weighted by molar-refractivity contribution is -0.193. The Hall–Kier alpha value is -3.84. The molecule has 18 nitrogen and oxygen atoms in total. The molecule has 0 saturated heterocycles. The van der Waals surface area contributed by atoms with Crippen LogP contribution in [0.25, 0.3) is 11.3 Å². The van der Waals surface area contributed by atoms with Gasteiger partial charge in [0.1, 0.15) is 25.0 Å². The van der Waals surface area contributed by atoms with Crippen LogP contribution in [0.3, 0.4) is 0 Å². The molecule has 28 heteroatoms. The Balaban J connectivity index is 0.000000964. The molecule has 73 heavy (non-hydrogen) atoms. The lowest BCUT2D eigenvalue weighted by atomic mass is 10.0. The normalized spacial score (nSPS) is 12.3. The second-order valence-corrected chi connectivity index (χ2v) is 22.9. The third-order valence-corrected chi connectivity index (χ3v) is 10.4. The summed E-state index contributed by atoms with van der Waals surface area (Å²) >= 11 is 20.2. The van der Waals surface area contributed by atoms with Crippen LogP contribution >= 0.6 is 58.3 Å². The number of hydrogen-bond donors (Lipinski definition) is 5. The van der Waals surface area contributed by atoms with E-state index >= 15 is 0 Å². The van der Waals surface area contributed by atoms with Gasteiger partial charge in [0.2, 0.25) is 23.1 Å². The number of ether oxygens (including phenoxy) is 2. The van der Waals surface area contributed by atoms with E-state index in [1.165, 1.54) is 0 Å². The van der Waals surface area contributed by atoms with E-state index in [4.69, 9.17) is 54.3 Å². The highest BCUT2D eigenvalue weighted by atomic mass is 79.9. The number of nitrogens with zero attached hydrogens (tertiary/aromatic N) is 6. The van der Waals surface area contributed by atoms with Crippen molar-refractivity contribution in [3.63, 3.8) is 0 Å². The fraction of sp³-hybridized carbons (Fsp3) is 0.533. The maximum atomic E-state index is 14.3. The number of esters is 1. The number of alkyl halides is 4. The number of carboxylic acids is 1. The highest BCUT2D eigenvalue weighted by molar-refractivity contribution is 9.10. The monoisotopic (exact) mass is 1200 g/mol. The number of hydrogen-bond acceptors (Lipinski definition) is 14. The molecule has 2 aromatic carbocycles. The highest BCUT2D eigenvalue weighted by Crippen LogP contribution is 2.41. The van der Waals surface area contributed by atoms with Crippen molar-refractivity contribution in [1.29, 1.82) is 0 Å². The fourth-order valence-corrected chi connectivity index (χ4v) is 7.43. The first kappa shape index (κ1) is 69.2. The molecule has 4 rings (SSSR count). The van der Waals surface area contributed by atoms with Crippen LogP contribution < -0.4 is 25.7 Å². The average molecular weight is 1200 g/mol. The Bertz CT molecular complexity index is 2450. The maximum absolute atomic E-state index is 14.3. The van der Waals surface area contributed by atoms with Gasteiger partial charge in [0, 0.05) is 31.8 Å². The zero-order chi connectivity index (χ0) is 56.8. The summed E-state index contributed by atoms with van der Waals surface area (Å²) in [4.78, 5) is 65.9. The summed E-state index contributed by atoms with van der Waals surface area (Å²) in [5, 5.41) is 19.8. The van der Waals surface area contributed by atoms with Gasteiger partial charge in [-0.25, -0.2) is 9.18 Å². The Morgan fingerprint density at radius 2 is 1.62 bits per heavy atom. The number of amides is 1. The van der Waals surface area contributed by atoms with Gasteiger partial charge >= 0.3 is 18.1 Å². The van der Waals surface area contributed by atoms with E-state index in [1.54, 1.807) is 25.9 Å². The first-order valence-corrected chi connectivity index (χ1v) is 28.2. The number of nitrogens with one attached hydrogen (secondary N) is 3. The fourth-order valence-electron chi connectivity index (χ4n) is 5.75. The van der Waals surface area contributed by atoms with Gasteiger partial charge in [-0.1, -0.05) is 36.7 Å². The number of anilines is 3. The van der Waals surface area contributed by atoms with E-state index in [0.29, 0.717) is 34.1 Å². The molecule has 0 aliphatic rings. The molecule has 0 spiro atoms. The molecular formula is C45H66BrCl3F4N9O9PS. The van der Waals surface area contributed by atoms with Crippen molar-refractivity contribution in [3.05, 3.63) is 73.3 Å². The minimum Gasteiger partial charge on any atom is -0.778 e. The molecule has 5 N–H and O–H groups in total. The zero-order valence-electron chi connectivity index (χ0n) is 43.1. The lowest BCUT2D eigenvalue weighted by Gasteiger charge is -2.31. The van der Waals surface area contributed by atoms with Gasteiger partial charge in [0.25, 0.3) is 0 Å². The van der Waals surface area contributed by atoms with Crippen molar-refractivity contribution in [2.24, 2.45) is 7.05 Å². The SMILES string of the molecule is CC(C)OC(=O)c1cc(-c2nn(C)c(C(F)(F)F)c2Br)c(F)cc1Cl.CCNc1nc(Cl)nc(NC(C)(C)C)n1.CCc1cccc(C)c1N(C(=O)CCl)C(C)COC.C[S+](C)C.O=C(O)CNCP(=O)([O-])O. The van der Waals surface area contributed by atoms with E-state index in [9.17, 15) is 41.4 Å². The van der Waals surface area contributed by atoms with Crippen LogP contribution in [0.4, 0.5) is 35.1 Å². The minimum absolute atomic E-state index is 0.0223. The van der Waals surface area contributed by atoms with Gasteiger partial charge in [-0.3, -0.25) is 19.6 Å². The van der Waals surface area contributed by atoms with E-state index in [-0.39, 0.29) is 50.5 Å². The number of rotatable bonds is 16. The third-order valence-electron chi connectivity index (χ3n) is 8.32. The molecule has 2 heterocycles. The molecule has 2 aromatic heterocycles. The summed E-state index contributed by atoms with van der Waals surface area (Å²) in [5.41, 5.74) is 1.25. The summed E-state index contributed by atoms with van der Waals surface area (Å²) in [6.45, 7) is 18.1. The number of aryl methyl sites for hydroxylation is 3. The highest BCUT2D eigenvalue weighted by Gasteiger charge is 2.39. The minimum atomic E-state index is -4.69. The summed E-state index contributed by atoms with van der Waals surface area (Å²) in [6.07, 6.45) is 1.61. The molecule has 2 atom stereocenters. The molecule has 2 unspecified atom stereocenters. The quantitative estimate of drug-likeness (QED) is 0.0231. The molecule has 0 aliphatic carbocycles. The maximum Gasteiger partial charge on any atom is 0.434 e. The largest absolute Gasteiger partial charge is 0.778 e. The summed E-state index contributed by atoms with van der Waals surface area (Å²) < 4.78 is 73.8. The Labute approximate surface area is 450 Å². The van der Waals surface area contributed by atoms with E-state index < -0.39 is 60.6 Å². The molecule has 1 amide bonds. The molecule has 0 bridgehead atoms. The van der Waals surface area contributed by atoms with Crippen molar-refractivity contribution in [2.75, 3.05) is 73.3 Å². The predicted molar refractivity (Wildman–Crippen MR) is 285 cm³/mol. The second-order valence-electron chi connectivity index (χ2n) is 17.0. The van der Waals surface area contributed by atoms with Crippen molar-refractivity contribution >= 4 is 105 Å². The van der Waals surface area contributed by atoms with E-state index in [2.05, 4.69) is 78.4 Å². The van der Waals surface area contributed by atoms with Gasteiger partial charge in [-0.2, -0.15) is 33.2 Å². The molecule has 4 aromatic rings. The number of aromatic nitrogens is 5. The Kier molecular flexibility index (Phi) is 30.9. The molecule has 0 fully saturated rings. The number of halogens is 8. The topological polar surface area (TPSA) is 246 Å². The first-order valence-electron chi connectivity index (χ1n) is 21.9. The number of aliphatic carboxylic acids is 1. The van der Waals surface area contributed by atoms with Crippen LogP contribution in [0.5, 0.6) is 0 Å². The number of benzene rings is 2. The van der Waals surface area contributed by atoms with Crippen LogP contribution in [-0.2, 0) is 54.2 Å². The lowest BCUT2D eigenvalue weighted by Crippen LogP contribution is -2.43. The summed E-state index contributed by atoms with van der Waals surface area (Å²) in [7, 11) is -0.988. The zero-order valence-corrected chi connectivity index (χ0v) is 48.7. The van der Waals surface area contributed by atoms with Gasteiger partial charge < -0.3 is 44.5 Å². The van der Waals surface area contributed by atoms with Gasteiger partial charge in [0.15, 0.2) is 5.69 Å². The molecule has 0 aliphatic heterocycles. The van der Waals surface area contributed by atoms with Crippen molar-refractivity contribution in [1.82, 2.24) is 30.0 Å². The van der Waals surface area contributed by atoms with Crippen molar-refractivity contribution < 1.29 is 60.9 Å². The van der Waals surface area contributed by atoms with Gasteiger partial charge in [0.05, 0.1) is 71.1 Å². The van der Waals surface area contributed by atoms with Crippen molar-refractivity contribution in [3.8, 4) is 11.3 Å². The average Bonchev–Trinajstić information content (AvgIpc) is 3.53. The number of para-hydroxylation sites is 1.